The second-order valence-corrected chi connectivity index (χ2v) is 7.63. The molecule has 3 aromatic carbocycles. The van der Waals surface area contributed by atoms with Crippen LogP contribution in [0, 0.1) is 15.9 Å². The monoisotopic (exact) mass is 477 g/mol. The van der Waals surface area contributed by atoms with Crippen LogP contribution < -0.4 is 14.8 Å². The molecule has 35 heavy (non-hydrogen) atoms. The van der Waals surface area contributed by atoms with Gasteiger partial charge in [0.2, 0.25) is 0 Å². The molecule has 1 aliphatic rings. The average Bonchev–Trinajstić information content (AvgIpc) is 3.11. The lowest BCUT2D eigenvalue weighted by Gasteiger charge is -2.12. The first-order valence-electron chi connectivity index (χ1n) is 10.5. The lowest BCUT2D eigenvalue weighted by molar-refractivity contribution is -0.384. The largest absolute Gasteiger partial charge is 0.493 e. The van der Waals surface area contributed by atoms with Crippen molar-refractivity contribution in [1.82, 2.24) is 10.2 Å². The third-order valence-corrected chi connectivity index (χ3v) is 5.23. The molecule has 1 N–H and O–H groups in total. The number of ether oxygens (including phenoxy) is 2. The molecule has 4 rings (SSSR count). The number of non-ortho nitro benzene ring substituents is 1. The Morgan fingerprint density at radius 3 is 2.51 bits per heavy atom. The van der Waals surface area contributed by atoms with E-state index in [9.17, 15) is 24.1 Å². The number of nitrogens with one attached hydrogen (secondary N) is 1. The summed E-state index contributed by atoms with van der Waals surface area (Å²) in [7, 11) is 1.46. The lowest BCUT2D eigenvalue weighted by Crippen LogP contribution is -2.30. The van der Waals surface area contributed by atoms with E-state index in [1.54, 1.807) is 30.3 Å². The number of methoxy groups -OCH3 is 1. The minimum atomic E-state index is -0.575. The van der Waals surface area contributed by atoms with Gasteiger partial charge in [0.25, 0.3) is 11.6 Å². The third kappa shape index (κ3) is 5.44. The number of hydrogen-bond acceptors (Lipinski definition) is 6. The van der Waals surface area contributed by atoms with E-state index in [1.165, 1.54) is 49.6 Å². The van der Waals surface area contributed by atoms with Crippen molar-refractivity contribution in [2.45, 2.75) is 13.2 Å². The molecule has 0 unspecified atom stereocenters. The Bertz CT molecular complexity index is 1320. The van der Waals surface area contributed by atoms with E-state index in [0.29, 0.717) is 28.2 Å². The fourth-order valence-corrected chi connectivity index (χ4v) is 3.47. The van der Waals surface area contributed by atoms with E-state index in [0.717, 1.165) is 4.90 Å². The Hall–Kier alpha value is -4.73. The van der Waals surface area contributed by atoms with Crippen molar-refractivity contribution in [2.24, 2.45) is 0 Å². The number of hydrogen-bond donors (Lipinski definition) is 1. The van der Waals surface area contributed by atoms with E-state index >= 15 is 0 Å². The number of nitro groups is 1. The van der Waals surface area contributed by atoms with Gasteiger partial charge in [0.1, 0.15) is 18.1 Å². The Labute approximate surface area is 199 Å². The molecule has 1 saturated heterocycles. The van der Waals surface area contributed by atoms with Crippen molar-refractivity contribution >= 4 is 23.7 Å². The number of amides is 3. The Morgan fingerprint density at radius 2 is 1.80 bits per heavy atom. The second kappa shape index (κ2) is 10.0. The average molecular weight is 477 g/mol. The highest BCUT2D eigenvalue weighted by Crippen LogP contribution is 2.30. The topological polar surface area (TPSA) is 111 Å². The number of halogens is 1. The third-order valence-electron chi connectivity index (χ3n) is 5.23. The molecule has 0 spiro atoms. The molecule has 0 saturated carbocycles. The molecule has 0 aliphatic carbocycles. The van der Waals surface area contributed by atoms with Gasteiger partial charge in [0.15, 0.2) is 11.5 Å². The number of imide groups is 1. The first-order chi connectivity index (χ1) is 16.8. The molecular weight excluding hydrogens is 457 g/mol. The van der Waals surface area contributed by atoms with Crippen molar-refractivity contribution in [3.63, 3.8) is 0 Å². The highest BCUT2D eigenvalue weighted by Gasteiger charge is 2.33. The van der Waals surface area contributed by atoms with Gasteiger partial charge in [-0.2, -0.15) is 0 Å². The highest BCUT2D eigenvalue weighted by atomic mass is 19.1. The van der Waals surface area contributed by atoms with E-state index in [1.807, 2.05) is 0 Å². The van der Waals surface area contributed by atoms with Crippen LogP contribution in [0.5, 0.6) is 11.5 Å². The van der Waals surface area contributed by atoms with Crippen molar-refractivity contribution in [3.05, 3.63) is 105 Å². The highest BCUT2D eigenvalue weighted by molar-refractivity contribution is 6.13. The van der Waals surface area contributed by atoms with Crippen LogP contribution in [0.15, 0.2) is 72.4 Å². The van der Waals surface area contributed by atoms with Crippen LogP contribution in [-0.4, -0.2) is 28.9 Å². The first-order valence-corrected chi connectivity index (χ1v) is 10.5. The van der Waals surface area contributed by atoms with Gasteiger partial charge in [-0.15, -0.1) is 0 Å². The normalized spacial score (nSPS) is 14.2. The fraction of sp³-hybridized carbons (Fsp3) is 0.120. The number of rotatable bonds is 8. The number of carbonyl (C=O) groups is 2. The van der Waals surface area contributed by atoms with Gasteiger partial charge in [0.05, 0.1) is 18.6 Å². The number of nitrogens with zero attached hydrogens (tertiary/aromatic N) is 2. The Morgan fingerprint density at radius 1 is 1.03 bits per heavy atom. The van der Waals surface area contributed by atoms with Gasteiger partial charge in [-0.3, -0.25) is 19.8 Å². The number of urea groups is 1. The van der Waals surface area contributed by atoms with E-state index < -0.39 is 22.7 Å². The quantitative estimate of drug-likeness (QED) is 0.223. The molecular formula is C25H20FN3O6. The van der Waals surface area contributed by atoms with Gasteiger partial charge in [-0.25, -0.2) is 9.18 Å². The maximum Gasteiger partial charge on any atom is 0.329 e. The zero-order valence-corrected chi connectivity index (χ0v) is 18.6. The summed E-state index contributed by atoms with van der Waals surface area (Å²) in [5, 5.41) is 13.5. The minimum absolute atomic E-state index is 0.00995. The van der Waals surface area contributed by atoms with Gasteiger partial charge in [0, 0.05) is 12.1 Å². The molecule has 1 heterocycles. The number of carbonyl (C=O) groups excluding carboxylic acids is 2. The standard InChI is InChI=1S/C25H20FN3O6/c1-34-23-13-17(7-10-22(23)35-15-18-3-2-4-20(11-18)29(32)33)12-21-24(30)28(25(31)27-21)14-16-5-8-19(26)9-6-16/h2-13H,14-15H2,1H3,(H,27,31)/b21-12+. The van der Waals surface area contributed by atoms with Crippen molar-refractivity contribution in [3.8, 4) is 11.5 Å². The molecule has 0 radical (unpaired) electrons. The predicted molar refractivity (Wildman–Crippen MR) is 124 cm³/mol. The van der Waals surface area contributed by atoms with Gasteiger partial charge >= 0.3 is 6.03 Å². The SMILES string of the molecule is COc1cc(/C=C2/NC(=O)N(Cc3ccc(F)cc3)C2=O)ccc1OCc1cccc([N+](=O)[O-])c1. The lowest BCUT2D eigenvalue weighted by atomic mass is 10.1. The molecule has 10 heteroatoms. The summed E-state index contributed by atoms with van der Waals surface area (Å²) < 4.78 is 24.3. The molecule has 1 aliphatic heterocycles. The summed E-state index contributed by atoms with van der Waals surface area (Å²) in [6.07, 6.45) is 1.51. The Kier molecular flexibility index (Phi) is 6.72. The summed E-state index contributed by atoms with van der Waals surface area (Å²) in [5.41, 5.74) is 1.87. The summed E-state index contributed by atoms with van der Waals surface area (Å²) in [5.74, 6) is -0.132. The van der Waals surface area contributed by atoms with Gasteiger partial charge in [-0.1, -0.05) is 30.3 Å². The number of benzene rings is 3. The molecule has 0 atom stereocenters. The van der Waals surface area contributed by atoms with Crippen LogP contribution in [-0.2, 0) is 17.9 Å². The second-order valence-electron chi connectivity index (χ2n) is 7.63. The van der Waals surface area contributed by atoms with Crippen molar-refractivity contribution < 1.29 is 28.4 Å². The van der Waals surface area contributed by atoms with Crippen LogP contribution in [0.3, 0.4) is 0 Å². The maximum atomic E-state index is 13.1. The summed E-state index contributed by atoms with van der Waals surface area (Å²) >= 11 is 0. The molecule has 1 fully saturated rings. The zero-order valence-electron chi connectivity index (χ0n) is 18.6. The smallest absolute Gasteiger partial charge is 0.329 e. The van der Waals surface area contributed by atoms with E-state index in [4.69, 9.17) is 9.47 Å². The minimum Gasteiger partial charge on any atom is -0.493 e. The van der Waals surface area contributed by atoms with Crippen LogP contribution in [0.4, 0.5) is 14.9 Å². The van der Waals surface area contributed by atoms with Crippen LogP contribution in [0.1, 0.15) is 16.7 Å². The summed E-state index contributed by atoms with van der Waals surface area (Å²) in [4.78, 5) is 36.6. The van der Waals surface area contributed by atoms with E-state index in [-0.39, 0.29) is 24.5 Å². The molecule has 0 aromatic heterocycles. The summed E-state index contributed by atoms with van der Waals surface area (Å²) in [6.45, 7) is 0.0986. The maximum absolute atomic E-state index is 13.1. The molecule has 9 nitrogen and oxygen atoms in total. The molecule has 178 valence electrons. The fourth-order valence-electron chi connectivity index (χ4n) is 3.47. The molecule has 3 aromatic rings. The Balaban J connectivity index is 1.47. The molecule has 3 amide bonds. The van der Waals surface area contributed by atoms with Crippen molar-refractivity contribution in [1.29, 1.82) is 0 Å². The van der Waals surface area contributed by atoms with Crippen LogP contribution in [0.2, 0.25) is 0 Å². The van der Waals surface area contributed by atoms with E-state index in [2.05, 4.69) is 5.32 Å². The summed E-state index contributed by atoms with van der Waals surface area (Å²) in [6, 6.07) is 16.0. The predicted octanol–water partition coefficient (Wildman–Crippen LogP) is 4.41. The van der Waals surface area contributed by atoms with Crippen LogP contribution >= 0.6 is 0 Å². The first kappa shape index (κ1) is 23.4. The van der Waals surface area contributed by atoms with Gasteiger partial charge < -0.3 is 14.8 Å². The van der Waals surface area contributed by atoms with Crippen LogP contribution in [0.25, 0.3) is 6.08 Å². The zero-order chi connectivity index (χ0) is 24.9. The van der Waals surface area contributed by atoms with Crippen molar-refractivity contribution in [2.75, 3.05) is 7.11 Å². The number of nitro benzene ring substituents is 1. The molecule has 0 bridgehead atoms. The van der Waals surface area contributed by atoms with Gasteiger partial charge in [-0.05, 0) is 47.0 Å².